The van der Waals surface area contributed by atoms with Crippen LogP contribution in [0, 0.1) is 12.8 Å². The van der Waals surface area contributed by atoms with Gasteiger partial charge in [0.1, 0.15) is 12.0 Å². The summed E-state index contributed by atoms with van der Waals surface area (Å²) in [5.41, 5.74) is 1.37. The van der Waals surface area contributed by atoms with Crippen LogP contribution in [0.4, 0.5) is 19.0 Å². The van der Waals surface area contributed by atoms with Gasteiger partial charge in [-0.1, -0.05) is 18.2 Å². The number of fused-ring (bicyclic) bond motifs is 2. The van der Waals surface area contributed by atoms with Crippen molar-refractivity contribution in [2.75, 3.05) is 11.9 Å². The fourth-order valence-corrected chi connectivity index (χ4v) is 4.92. The lowest BCUT2D eigenvalue weighted by molar-refractivity contribution is -0.141. The highest BCUT2D eigenvalue weighted by Gasteiger charge is 2.48. The Hall–Kier alpha value is -3.05. The van der Waals surface area contributed by atoms with Gasteiger partial charge in [-0.05, 0) is 31.2 Å². The van der Waals surface area contributed by atoms with E-state index in [0.717, 1.165) is 43.0 Å². The predicted molar refractivity (Wildman–Crippen MR) is 109 cm³/mol. The Kier molecular flexibility index (Phi) is 5.09. The van der Waals surface area contributed by atoms with Gasteiger partial charge in [-0.25, -0.2) is 9.97 Å². The summed E-state index contributed by atoms with van der Waals surface area (Å²) in [5.74, 6) is 0.674. The molecule has 1 saturated heterocycles. The van der Waals surface area contributed by atoms with E-state index in [1.54, 1.807) is 12.4 Å². The normalized spacial score (nSPS) is 24.1. The van der Waals surface area contributed by atoms with E-state index in [4.69, 9.17) is 0 Å². The summed E-state index contributed by atoms with van der Waals surface area (Å²) in [6, 6.07) is 5.66. The van der Waals surface area contributed by atoms with Gasteiger partial charge in [0.15, 0.2) is 5.69 Å². The lowest BCUT2D eigenvalue weighted by Gasteiger charge is -2.37. The first kappa shape index (κ1) is 20.8. The van der Waals surface area contributed by atoms with Crippen LogP contribution in [0.1, 0.15) is 35.9 Å². The molecule has 1 saturated carbocycles. The van der Waals surface area contributed by atoms with Crippen LogP contribution < -0.4 is 5.32 Å². The Morgan fingerprint density at radius 1 is 1.12 bits per heavy atom. The van der Waals surface area contributed by atoms with E-state index in [-0.39, 0.29) is 12.1 Å². The van der Waals surface area contributed by atoms with Crippen LogP contribution in [-0.4, -0.2) is 53.6 Å². The van der Waals surface area contributed by atoms with E-state index in [2.05, 4.69) is 25.5 Å². The number of likely N-dealkylation sites (tertiary alicyclic amines) is 1. The summed E-state index contributed by atoms with van der Waals surface area (Å²) in [4.78, 5) is 10.9. The van der Waals surface area contributed by atoms with E-state index in [1.807, 2.05) is 30.0 Å². The van der Waals surface area contributed by atoms with Gasteiger partial charge < -0.3 is 10.4 Å². The summed E-state index contributed by atoms with van der Waals surface area (Å²) in [5, 5.41) is 23.0. The number of anilines is 1. The fraction of sp³-hybridized carbons (Fsp3) is 0.429. The molecule has 1 aliphatic heterocycles. The number of aromatic nitrogens is 5. The Balaban J connectivity index is 1.36. The van der Waals surface area contributed by atoms with E-state index in [9.17, 15) is 18.3 Å². The Morgan fingerprint density at radius 3 is 2.56 bits per heavy atom. The van der Waals surface area contributed by atoms with Gasteiger partial charge in [0, 0.05) is 24.2 Å². The number of hydrogen-bond donors (Lipinski definition) is 2. The minimum absolute atomic E-state index is 0.0121. The minimum atomic E-state index is -4.52. The maximum Gasteiger partial charge on any atom is 0.434 e. The van der Waals surface area contributed by atoms with Gasteiger partial charge in [0.05, 0.1) is 30.5 Å². The van der Waals surface area contributed by atoms with Crippen LogP contribution in [0.2, 0.25) is 0 Å². The van der Waals surface area contributed by atoms with Crippen molar-refractivity contribution in [3.8, 4) is 5.69 Å². The van der Waals surface area contributed by atoms with Crippen molar-refractivity contribution in [2.24, 2.45) is 5.92 Å². The number of hydrogen-bond acceptors (Lipinski definition) is 7. The topological polar surface area (TPSA) is 92.0 Å². The van der Waals surface area contributed by atoms with Crippen LogP contribution in [0.5, 0.6) is 0 Å². The monoisotopic (exact) mass is 445 g/mol. The third-order valence-corrected chi connectivity index (χ3v) is 6.28. The molecule has 2 bridgehead atoms. The van der Waals surface area contributed by atoms with Crippen molar-refractivity contribution < 1.29 is 18.3 Å². The van der Waals surface area contributed by atoms with Crippen molar-refractivity contribution >= 4 is 5.82 Å². The van der Waals surface area contributed by atoms with Crippen LogP contribution >= 0.6 is 0 Å². The molecule has 2 fully saturated rings. The van der Waals surface area contributed by atoms with E-state index in [0.29, 0.717) is 17.3 Å². The number of aliphatic hydroxyl groups is 1. The van der Waals surface area contributed by atoms with Gasteiger partial charge >= 0.3 is 6.18 Å². The second-order valence-electron chi connectivity index (χ2n) is 8.34. The molecule has 2 N–H and O–H groups in total. The van der Waals surface area contributed by atoms with Crippen molar-refractivity contribution in [1.82, 2.24) is 29.9 Å². The standard InChI is InChI=1S/C21H22F3N7O/c1-12-3-2-4-14(19(12)31-27-5-6-28-31)20(32)30-11-13-7-15(16(30)8-13)29-18-10-25-17(9-26-18)21(22,23)24/h2-6,9-10,13,15-16,20,32H,7-8,11H2,1H3,(H,26,29). The number of nitrogens with one attached hydrogen (secondary N) is 1. The number of para-hydroxylation sites is 1. The molecular weight excluding hydrogens is 423 g/mol. The minimum Gasteiger partial charge on any atom is -0.374 e. The van der Waals surface area contributed by atoms with Crippen LogP contribution in [0.15, 0.2) is 43.0 Å². The maximum absolute atomic E-state index is 12.7. The first-order chi connectivity index (χ1) is 15.3. The molecule has 32 heavy (non-hydrogen) atoms. The van der Waals surface area contributed by atoms with E-state index >= 15 is 0 Å². The number of alkyl halides is 3. The molecule has 0 radical (unpaired) electrons. The number of benzene rings is 1. The summed E-state index contributed by atoms with van der Waals surface area (Å²) < 4.78 is 38.2. The molecule has 1 aliphatic carbocycles. The van der Waals surface area contributed by atoms with E-state index < -0.39 is 18.1 Å². The number of piperidine rings is 1. The van der Waals surface area contributed by atoms with Gasteiger partial charge in [-0.2, -0.15) is 28.2 Å². The molecule has 4 atom stereocenters. The predicted octanol–water partition coefficient (Wildman–Crippen LogP) is 2.95. The molecule has 2 aliphatic rings. The Labute approximate surface area is 182 Å². The number of aryl methyl sites for hydroxylation is 1. The highest BCUT2D eigenvalue weighted by atomic mass is 19.4. The van der Waals surface area contributed by atoms with Gasteiger partial charge in [-0.3, -0.25) is 4.90 Å². The Bertz CT molecular complexity index is 1090. The summed E-state index contributed by atoms with van der Waals surface area (Å²) in [6.07, 6.45) is 1.39. The molecule has 168 valence electrons. The molecule has 8 nitrogen and oxygen atoms in total. The largest absolute Gasteiger partial charge is 0.434 e. The molecule has 1 aromatic carbocycles. The second-order valence-corrected chi connectivity index (χ2v) is 8.34. The first-order valence-electron chi connectivity index (χ1n) is 10.4. The van der Waals surface area contributed by atoms with Gasteiger partial charge in [0.2, 0.25) is 0 Å². The molecule has 5 rings (SSSR count). The SMILES string of the molecule is Cc1cccc(C(O)N2CC3CC(Nc4cnc(C(F)(F)F)cn4)C2C3)c1-n1nccn1. The summed E-state index contributed by atoms with van der Waals surface area (Å²) in [6.45, 7) is 2.68. The third-order valence-electron chi connectivity index (χ3n) is 6.28. The second kappa shape index (κ2) is 7.82. The quantitative estimate of drug-likeness (QED) is 0.624. The zero-order valence-electron chi connectivity index (χ0n) is 17.2. The van der Waals surface area contributed by atoms with Crippen LogP contribution in [0.25, 0.3) is 5.69 Å². The average Bonchev–Trinajstić information content (AvgIpc) is 3.50. The molecule has 4 unspecified atom stereocenters. The number of rotatable bonds is 5. The average molecular weight is 445 g/mol. The smallest absolute Gasteiger partial charge is 0.374 e. The third kappa shape index (κ3) is 3.71. The fourth-order valence-electron chi connectivity index (χ4n) is 4.92. The van der Waals surface area contributed by atoms with Crippen molar-refractivity contribution in [2.45, 2.75) is 44.3 Å². The van der Waals surface area contributed by atoms with Crippen molar-refractivity contribution in [1.29, 1.82) is 0 Å². The lowest BCUT2D eigenvalue weighted by atomic mass is 10.0. The van der Waals surface area contributed by atoms with Gasteiger partial charge in [0.25, 0.3) is 0 Å². The van der Waals surface area contributed by atoms with Crippen LogP contribution in [0.3, 0.4) is 0 Å². The number of aliphatic hydroxyl groups excluding tert-OH is 1. The lowest BCUT2D eigenvalue weighted by Crippen LogP contribution is -2.46. The molecule has 2 aromatic heterocycles. The molecule has 0 amide bonds. The molecular formula is C21H22F3N7O. The molecule has 3 heterocycles. The highest BCUT2D eigenvalue weighted by molar-refractivity contribution is 5.47. The highest BCUT2D eigenvalue weighted by Crippen LogP contribution is 2.43. The first-order valence-corrected chi connectivity index (χ1v) is 10.4. The molecule has 0 spiro atoms. The zero-order chi connectivity index (χ0) is 22.5. The number of nitrogens with zero attached hydrogens (tertiary/aromatic N) is 6. The Morgan fingerprint density at radius 2 is 1.91 bits per heavy atom. The molecule has 3 aromatic rings. The number of halogens is 3. The van der Waals surface area contributed by atoms with Gasteiger partial charge in [-0.15, -0.1) is 0 Å². The maximum atomic E-state index is 12.7. The zero-order valence-corrected chi connectivity index (χ0v) is 17.2. The van der Waals surface area contributed by atoms with Crippen molar-refractivity contribution in [3.63, 3.8) is 0 Å². The summed E-state index contributed by atoms with van der Waals surface area (Å²) >= 11 is 0. The van der Waals surface area contributed by atoms with Crippen molar-refractivity contribution in [3.05, 3.63) is 59.8 Å². The van der Waals surface area contributed by atoms with Crippen LogP contribution in [-0.2, 0) is 6.18 Å². The molecule has 11 heteroatoms. The summed E-state index contributed by atoms with van der Waals surface area (Å²) in [7, 11) is 0. The van der Waals surface area contributed by atoms with E-state index in [1.165, 1.54) is 4.80 Å².